The van der Waals surface area contributed by atoms with Crippen molar-refractivity contribution in [3.05, 3.63) is 29.3 Å². The van der Waals surface area contributed by atoms with Gasteiger partial charge in [-0.25, -0.2) is 9.97 Å². The number of hydrogen-bond donors (Lipinski definition) is 1. The number of aliphatic hydroxyl groups is 1. The molecule has 0 aliphatic rings. The molecule has 1 N–H and O–H groups in total. The van der Waals surface area contributed by atoms with Crippen LogP contribution >= 0.6 is 11.3 Å². The van der Waals surface area contributed by atoms with Gasteiger partial charge in [0.05, 0.1) is 18.3 Å². The number of thiazole rings is 1. The van der Waals surface area contributed by atoms with Crippen molar-refractivity contribution in [3.8, 4) is 0 Å². The van der Waals surface area contributed by atoms with E-state index in [0.29, 0.717) is 6.54 Å². The van der Waals surface area contributed by atoms with Crippen LogP contribution in [0.15, 0.2) is 17.8 Å². The van der Waals surface area contributed by atoms with Gasteiger partial charge in [0.15, 0.2) is 5.13 Å². The van der Waals surface area contributed by atoms with Gasteiger partial charge in [-0.2, -0.15) is 0 Å². The van der Waals surface area contributed by atoms with Crippen molar-refractivity contribution in [2.75, 3.05) is 11.9 Å². The highest BCUT2D eigenvalue weighted by atomic mass is 32.1. The maximum atomic E-state index is 9.43. The molecule has 0 radical (unpaired) electrons. The van der Waals surface area contributed by atoms with Crippen LogP contribution in [-0.2, 0) is 13.6 Å². The second kappa shape index (κ2) is 4.85. The summed E-state index contributed by atoms with van der Waals surface area (Å²) in [6.07, 6.45) is 3.19. The fourth-order valence-corrected chi connectivity index (χ4v) is 2.35. The van der Waals surface area contributed by atoms with Crippen molar-refractivity contribution in [2.24, 2.45) is 7.05 Å². The maximum Gasteiger partial charge on any atom is 0.185 e. The van der Waals surface area contributed by atoms with Crippen LogP contribution in [-0.4, -0.2) is 26.7 Å². The summed E-state index contributed by atoms with van der Waals surface area (Å²) in [5, 5.41) is 12.2. The lowest BCUT2D eigenvalue weighted by Crippen LogP contribution is -2.18. The van der Waals surface area contributed by atoms with Gasteiger partial charge in [-0.3, -0.25) is 0 Å². The molecule has 1 unspecified atom stereocenters. The number of rotatable bonds is 4. The van der Waals surface area contributed by atoms with Crippen LogP contribution < -0.4 is 4.90 Å². The fraction of sp³-hybridized carbons (Fsp3) is 0.455. The van der Waals surface area contributed by atoms with Gasteiger partial charge >= 0.3 is 0 Å². The highest BCUT2D eigenvalue weighted by Gasteiger charge is 2.11. The molecule has 0 saturated heterocycles. The quantitative estimate of drug-likeness (QED) is 0.897. The Hall–Kier alpha value is -1.40. The van der Waals surface area contributed by atoms with Gasteiger partial charge in [-0.1, -0.05) is 0 Å². The topological polar surface area (TPSA) is 54.2 Å². The Balaban J connectivity index is 2.09. The third-order valence-corrected chi connectivity index (χ3v) is 3.54. The largest absolute Gasteiger partial charge is 0.387 e. The van der Waals surface area contributed by atoms with Gasteiger partial charge in [-0.05, 0) is 6.92 Å². The van der Waals surface area contributed by atoms with E-state index < -0.39 is 6.10 Å². The molecule has 6 heteroatoms. The summed E-state index contributed by atoms with van der Waals surface area (Å²) in [5.41, 5.74) is 0.719. The number of anilines is 1. The summed E-state index contributed by atoms with van der Waals surface area (Å²) < 4.78 is 1.99. The summed E-state index contributed by atoms with van der Waals surface area (Å²) in [6, 6.07) is 0. The molecular formula is C11H16N4OS. The molecule has 1 atom stereocenters. The molecule has 92 valence electrons. The fourth-order valence-electron chi connectivity index (χ4n) is 1.47. The lowest BCUT2D eigenvalue weighted by atomic mass is 10.3. The van der Waals surface area contributed by atoms with Crippen LogP contribution in [0.25, 0.3) is 0 Å². The molecule has 0 aliphatic carbocycles. The smallest absolute Gasteiger partial charge is 0.185 e. The van der Waals surface area contributed by atoms with Crippen molar-refractivity contribution < 1.29 is 5.11 Å². The standard InChI is InChI=1S/C11H16N4OS/c1-8(16)9-7-17-11(13-9)15(3)6-10-12-4-5-14(10)2/h4-5,7-8,16H,6H2,1-3H3. The number of imidazole rings is 1. The van der Waals surface area contributed by atoms with E-state index >= 15 is 0 Å². The molecule has 5 nitrogen and oxygen atoms in total. The van der Waals surface area contributed by atoms with Crippen molar-refractivity contribution in [3.63, 3.8) is 0 Å². The molecule has 0 aromatic carbocycles. The normalized spacial score (nSPS) is 12.7. The van der Waals surface area contributed by atoms with E-state index in [2.05, 4.69) is 9.97 Å². The highest BCUT2D eigenvalue weighted by Crippen LogP contribution is 2.23. The SMILES string of the molecule is CC(O)c1csc(N(C)Cc2nccn2C)n1. The Labute approximate surface area is 104 Å². The number of aliphatic hydroxyl groups excluding tert-OH is 1. The predicted octanol–water partition coefficient (Wildman–Crippen LogP) is 1.57. The van der Waals surface area contributed by atoms with E-state index in [4.69, 9.17) is 0 Å². The Morgan fingerprint density at radius 2 is 2.35 bits per heavy atom. The van der Waals surface area contributed by atoms with Gasteiger partial charge in [0.25, 0.3) is 0 Å². The third kappa shape index (κ3) is 2.65. The zero-order chi connectivity index (χ0) is 12.4. The summed E-state index contributed by atoms with van der Waals surface area (Å²) in [7, 11) is 3.94. The Morgan fingerprint density at radius 3 is 2.88 bits per heavy atom. The van der Waals surface area contributed by atoms with Crippen molar-refractivity contribution in [1.29, 1.82) is 0 Å². The van der Waals surface area contributed by atoms with Crippen LogP contribution in [0.5, 0.6) is 0 Å². The van der Waals surface area contributed by atoms with Gasteiger partial charge in [0.2, 0.25) is 0 Å². The van der Waals surface area contributed by atoms with Crippen LogP contribution in [0.1, 0.15) is 24.5 Å². The second-order valence-electron chi connectivity index (χ2n) is 4.04. The maximum absolute atomic E-state index is 9.43. The first-order chi connectivity index (χ1) is 8.08. The molecule has 0 bridgehead atoms. The first-order valence-electron chi connectivity index (χ1n) is 5.38. The first kappa shape index (κ1) is 12.1. The van der Waals surface area contributed by atoms with Crippen LogP contribution in [0, 0.1) is 0 Å². The number of hydrogen-bond acceptors (Lipinski definition) is 5. The Bertz CT molecular complexity index is 491. The minimum absolute atomic E-state index is 0.512. The molecule has 0 aliphatic heterocycles. The molecule has 2 aromatic rings. The molecule has 2 aromatic heterocycles. The van der Waals surface area contributed by atoms with E-state index in [-0.39, 0.29) is 0 Å². The minimum atomic E-state index is -0.512. The van der Waals surface area contributed by atoms with Crippen LogP contribution in [0.2, 0.25) is 0 Å². The number of aryl methyl sites for hydroxylation is 1. The van der Waals surface area contributed by atoms with Crippen molar-refractivity contribution >= 4 is 16.5 Å². The van der Waals surface area contributed by atoms with Gasteiger partial charge in [0, 0.05) is 31.9 Å². The first-order valence-corrected chi connectivity index (χ1v) is 6.26. The molecular weight excluding hydrogens is 236 g/mol. The van der Waals surface area contributed by atoms with Crippen LogP contribution in [0.3, 0.4) is 0 Å². The van der Waals surface area contributed by atoms with Crippen molar-refractivity contribution in [2.45, 2.75) is 19.6 Å². The average Bonchev–Trinajstić information content (AvgIpc) is 2.88. The monoisotopic (exact) mass is 252 g/mol. The molecule has 0 amide bonds. The van der Waals surface area contributed by atoms with E-state index in [1.165, 1.54) is 11.3 Å². The second-order valence-corrected chi connectivity index (χ2v) is 4.88. The average molecular weight is 252 g/mol. The summed E-state index contributed by atoms with van der Waals surface area (Å²) in [6.45, 7) is 2.42. The molecule has 0 saturated carbocycles. The molecule has 0 fully saturated rings. The van der Waals surface area contributed by atoms with Gasteiger partial charge in [-0.15, -0.1) is 11.3 Å². The molecule has 17 heavy (non-hydrogen) atoms. The van der Waals surface area contributed by atoms with E-state index in [1.807, 2.05) is 35.1 Å². The van der Waals surface area contributed by atoms with E-state index in [0.717, 1.165) is 16.6 Å². The number of aromatic nitrogens is 3. The summed E-state index contributed by atoms with van der Waals surface area (Å²) in [5.74, 6) is 0.987. The van der Waals surface area contributed by atoms with E-state index in [1.54, 1.807) is 13.1 Å². The zero-order valence-corrected chi connectivity index (χ0v) is 11.0. The van der Waals surface area contributed by atoms with Gasteiger partial charge < -0.3 is 14.6 Å². The molecule has 2 heterocycles. The third-order valence-electron chi connectivity index (χ3n) is 2.56. The Morgan fingerprint density at radius 1 is 1.59 bits per heavy atom. The summed E-state index contributed by atoms with van der Waals surface area (Å²) in [4.78, 5) is 10.7. The lowest BCUT2D eigenvalue weighted by Gasteiger charge is -2.15. The predicted molar refractivity (Wildman–Crippen MR) is 68.1 cm³/mol. The Kier molecular flexibility index (Phi) is 3.44. The molecule has 0 spiro atoms. The highest BCUT2D eigenvalue weighted by molar-refractivity contribution is 7.13. The van der Waals surface area contributed by atoms with E-state index in [9.17, 15) is 5.11 Å². The van der Waals surface area contributed by atoms with Crippen molar-refractivity contribution in [1.82, 2.24) is 14.5 Å². The molecule has 2 rings (SSSR count). The van der Waals surface area contributed by atoms with Gasteiger partial charge in [0.1, 0.15) is 5.82 Å². The summed E-state index contributed by atoms with van der Waals surface area (Å²) >= 11 is 1.53. The minimum Gasteiger partial charge on any atom is -0.387 e. The van der Waals surface area contributed by atoms with Crippen LogP contribution in [0.4, 0.5) is 5.13 Å². The number of nitrogens with zero attached hydrogens (tertiary/aromatic N) is 4. The zero-order valence-electron chi connectivity index (χ0n) is 10.2. The lowest BCUT2D eigenvalue weighted by molar-refractivity contribution is 0.195.